The molecule has 0 spiro atoms. The van der Waals surface area contributed by atoms with E-state index in [0.717, 1.165) is 35.8 Å². The van der Waals surface area contributed by atoms with Crippen LogP contribution in [0.2, 0.25) is 0 Å². The molecule has 0 atom stereocenters. The molecule has 2 aromatic rings. The lowest BCUT2D eigenvalue weighted by Crippen LogP contribution is -1.98. The molecule has 0 amide bonds. The molecule has 0 aliphatic rings. The summed E-state index contributed by atoms with van der Waals surface area (Å²) >= 11 is 0. The van der Waals surface area contributed by atoms with E-state index in [1.807, 2.05) is 36.4 Å². The minimum atomic E-state index is 0.705. The first-order chi connectivity index (χ1) is 10.8. The fourth-order valence-electron chi connectivity index (χ4n) is 2.71. The molecule has 2 rings (SSSR count). The van der Waals surface area contributed by atoms with Gasteiger partial charge in [-0.25, -0.2) is 0 Å². The Morgan fingerprint density at radius 1 is 0.955 bits per heavy atom. The highest BCUT2D eigenvalue weighted by Gasteiger charge is 2.03. The number of aldehydes is 1. The number of hydrogen-bond acceptors (Lipinski definition) is 2. The Morgan fingerprint density at radius 2 is 1.73 bits per heavy atom. The van der Waals surface area contributed by atoms with Gasteiger partial charge in [0.15, 0.2) is 0 Å². The Balaban J connectivity index is 1.80. The molecule has 2 nitrogen and oxygen atoms in total. The van der Waals surface area contributed by atoms with Crippen LogP contribution in [0.4, 0.5) is 0 Å². The van der Waals surface area contributed by atoms with E-state index in [-0.39, 0.29) is 0 Å². The second kappa shape index (κ2) is 9.24. The van der Waals surface area contributed by atoms with Crippen LogP contribution in [0, 0.1) is 0 Å². The molecule has 0 N–H and O–H groups in total. The van der Waals surface area contributed by atoms with E-state index in [1.54, 1.807) is 0 Å². The average Bonchev–Trinajstić information content (AvgIpc) is 2.56. The monoisotopic (exact) mass is 298 g/mol. The summed E-state index contributed by atoms with van der Waals surface area (Å²) in [5.74, 6) is 0.918. The van der Waals surface area contributed by atoms with Crippen molar-refractivity contribution in [1.82, 2.24) is 0 Å². The van der Waals surface area contributed by atoms with E-state index in [4.69, 9.17) is 4.74 Å². The number of hydrogen-bond donors (Lipinski definition) is 0. The normalized spacial score (nSPS) is 10.8. The smallest absolute Gasteiger partial charge is 0.150 e. The predicted octanol–water partition coefficient (Wildman–Crippen LogP) is 5.78. The van der Waals surface area contributed by atoms with Crippen LogP contribution in [0.5, 0.6) is 5.75 Å². The third kappa shape index (κ3) is 4.87. The van der Waals surface area contributed by atoms with Gasteiger partial charge in [-0.2, -0.15) is 0 Å². The molecule has 0 saturated carbocycles. The van der Waals surface area contributed by atoms with Crippen LogP contribution in [0.15, 0.2) is 36.4 Å². The largest absolute Gasteiger partial charge is 0.493 e. The molecule has 0 aliphatic heterocycles. The van der Waals surface area contributed by atoms with Crippen molar-refractivity contribution in [2.45, 2.75) is 51.9 Å². The number of fused-ring (bicyclic) bond motifs is 1. The Hall–Kier alpha value is -1.83. The summed E-state index contributed by atoms with van der Waals surface area (Å²) < 4.78 is 5.93. The topological polar surface area (TPSA) is 26.3 Å². The van der Waals surface area contributed by atoms with Gasteiger partial charge in [-0.1, -0.05) is 63.6 Å². The number of ether oxygens (including phenoxy) is 1. The molecule has 0 heterocycles. The molecule has 118 valence electrons. The van der Waals surface area contributed by atoms with Crippen molar-refractivity contribution >= 4 is 17.1 Å². The van der Waals surface area contributed by atoms with Gasteiger partial charge in [0, 0.05) is 10.9 Å². The Labute approximate surface area is 133 Å². The second-order valence-corrected chi connectivity index (χ2v) is 5.82. The molecule has 0 aliphatic carbocycles. The summed E-state index contributed by atoms with van der Waals surface area (Å²) in [5, 5.41) is 2.14. The Morgan fingerprint density at radius 3 is 2.50 bits per heavy atom. The number of rotatable bonds is 10. The van der Waals surface area contributed by atoms with Crippen molar-refractivity contribution in [2.75, 3.05) is 6.61 Å². The third-order valence-electron chi connectivity index (χ3n) is 4.01. The van der Waals surface area contributed by atoms with Gasteiger partial charge in [0.05, 0.1) is 6.61 Å². The van der Waals surface area contributed by atoms with Crippen LogP contribution in [0.25, 0.3) is 10.8 Å². The summed E-state index contributed by atoms with van der Waals surface area (Å²) in [6, 6.07) is 11.7. The summed E-state index contributed by atoms with van der Waals surface area (Å²) in [7, 11) is 0. The zero-order valence-electron chi connectivity index (χ0n) is 13.5. The molecule has 22 heavy (non-hydrogen) atoms. The van der Waals surface area contributed by atoms with Gasteiger partial charge in [0.25, 0.3) is 0 Å². The van der Waals surface area contributed by atoms with Crippen LogP contribution in [0.1, 0.15) is 62.2 Å². The van der Waals surface area contributed by atoms with E-state index in [0.29, 0.717) is 5.56 Å². The standard InChI is InChI=1S/C20H26O2/c1-2-3-4-5-6-7-8-14-22-20-11-9-10-18-15-17(16-21)12-13-19(18)20/h9-13,15-16H,2-8,14H2,1H3. The lowest BCUT2D eigenvalue weighted by atomic mass is 10.1. The van der Waals surface area contributed by atoms with Crippen molar-refractivity contribution < 1.29 is 9.53 Å². The van der Waals surface area contributed by atoms with Crippen molar-refractivity contribution in [3.8, 4) is 5.75 Å². The summed E-state index contributed by atoms with van der Waals surface area (Å²) in [5.41, 5.74) is 0.705. The van der Waals surface area contributed by atoms with Gasteiger partial charge in [-0.3, -0.25) is 4.79 Å². The van der Waals surface area contributed by atoms with Gasteiger partial charge in [0.2, 0.25) is 0 Å². The SMILES string of the molecule is CCCCCCCCCOc1cccc2cc(C=O)ccc12. The highest BCUT2D eigenvalue weighted by atomic mass is 16.5. The van der Waals surface area contributed by atoms with Gasteiger partial charge >= 0.3 is 0 Å². The first kappa shape index (κ1) is 16.5. The minimum absolute atomic E-state index is 0.705. The van der Waals surface area contributed by atoms with Crippen molar-refractivity contribution in [1.29, 1.82) is 0 Å². The summed E-state index contributed by atoms with van der Waals surface area (Å²) in [6.07, 6.45) is 9.90. The van der Waals surface area contributed by atoms with Crippen molar-refractivity contribution in [3.63, 3.8) is 0 Å². The highest BCUT2D eigenvalue weighted by Crippen LogP contribution is 2.26. The van der Waals surface area contributed by atoms with E-state index in [2.05, 4.69) is 6.92 Å². The van der Waals surface area contributed by atoms with E-state index < -0.39 is 0 Å². The Bertz CT molecular complexity index is 589. The van der Waals surface area contributed by atoms with Crippen molar-refractivity contribution in [3.05, 3.63) is 42.0 Å². The maximum absolute atomic E-state index is 10.8. The molecule has 0 aromatic heterocycles. The maximum atomic E-state index is 10.8. The molecule has 0 bridgehead atoms. The molecule has 2 aromatic carbocycles. The third-order valence-corrected chi connectivity index (χ3v) is 4.01. The number of unbranched alkanes of at least 4 members (excludes halogenated alkanes) is 6. The minimum Gasteiger partial charge on any atom is -0.493 e. The van der Waals surface area contributed by atoms with Gasteiger partial charge in [-0.15, -0.1) is 0 Å². The first-order valence-electron chi connectivity index (χ1n) is 8.46. The maximum Gasteiger partial charge on any atom is 0.150 e. The second-order valence-electron chi connectivity index (χ2n) is 5.82. The van der Waals surface area contributed by atoms with Crippen LogP contribution in [0.3, 0.4) is 0 Å². The molecular formula is C20H26O2. The van der Waals surface area contributed by atoms with Crippen LogP contribution >= 0.6 is 0 Å². The first-order valence-corrected chi connectivity index (χ1v) is 8.46. The quantitative estimate of drug-likeness (QED) is 0.410. The molecule has 0 unspecified atom stereocenters. The lowest BCUT2D eigenvalue weighted by molar-refractivity contribution is 0.112. The van der Waals surface area contributed by atoms with Crippen LogP contribution in [-0.4, -0.2) is 12.9 Å². The molecule has 0 saturated heterocycles. The Kier molecular flexibility index (Phi) is 6.95. The fraction of sp³-hybridized carbons (Fsp3) is 0.450. The molecular weight excluding hydrogens is 272 g/mol. The van der Waals surface area contributed by atoms with Crippen LogP contribution < -0.4 is 4.74 Å². The molecule has 2 heteroatoms. The number of carbonyl (C=O) groups is 1. The zero-order valence-corrected chi connectivity index (χ0v) is 13.5. The number of carbonyl (C=O) groups excluding carboxylic acids is 1. The van der Waals surface area contributed by atoms with Crippen molar-refractivity contribution in [2.24, 2.45) is 0 Å². The average molecular weight is 298 g/mol. The van der Waals surface area contributed by atoms with Gasteiger partial charge in [-0.05, 0) is 30.0 Å². The van der Waals surface area contributed by atoms with Gasteiger partial charge in [0.1, 0.15) is 12.0 Å². The molecule has 0 radical (unpaired) electrons. The predicted molar refractivity (Wildman–Crippen MR) is 92.8 cm³/mol. The lowest BCUT2D eigenvalue weighted by Gasteiger charge is -2.09. The summed E-state index contributed by atoms with van der Waals surface area (Å²) in [4.78, 5) is 10.8. The summed E-state index contributed by atoms with van der Waals surface area (Å²) in [6.45, 7) is 3.01. The molecule has 0 fully saturated rings. The number of benzene rings is 2. The van der Waals surface area contributed by atoms with E-state index in [9.17, 15) is 4.79 Å². The van der Waals surface area contributed by atoms with Crippen LogP contribution in [-0.2, 0) is 0 Å². The zero-order chi connectivity index (χ0) is 15.6. The van der Waals surface area contributed by atoms with E-state index >= 15 is 0 Å². The fourth-order valence-corrected chi connectivity index (χ4v) is 2.71. The van der Waals surface area contributed by atoms with E-state index in [1.165, 1.54) is 38.5 Å². The van der Waals surface area contributed by atoms with Gasteiger partial charge < -0.3 is 4.74 Å². The highest BCUT2D eigenvalue weighted by molar-refractivity contribution is 5.92.